The lowest BCUT2D eigenvalue weighted by Crippen LogP contribution is -2.44. The van der Waals surface area contributed by atoms with E-state index >= 15 is 0 Å². The minimum atomic E-state index is 0.164. The van der Waals surface area contributed by atoms with Crippen LogP contribution in [0.2, 0.25) is 0 Å². The largest absolute Gasteiger partial charge is 0.354 e. The number of aromatic nitrogens is 1. The maximum Gasteiger partial charge on any atom is 0.0471 e. The highest BCUT2D eigenvalue weighted by Gasteiger charge is 2.53. The van der Waals surface area contributed by atoms with Gasteiger partial charge in [0.05, 0.1) is 0 Å². The maximum atomic E-state index is 3.81. The number of hydrogen-bond acceptors (Lipinski definition) is 0. The van der Waals surface area contributed by atoms with Crippen molar-refractivity contribution in [2.45, 2.75) is 44.4 Å². The van der Waals surface area contributed by atoms with E-state index in [0.29, 0.717) is 0 Å². The minimum absolute atomic E-state index is 0.164. The van der Waals surface area contributed by atoms with Gasteiger partial charge in [-0.15, -0.1) is 0 Å². The van der Waals surface area contributed by atoms with Crippen molar-refractivity contribution in [3.63, 3.8) is 0 Å². The molecule has 2 saturated carbocycles. The van der Waals surface area contributed by atoms with Gasteiger partial charge in [0, 0.05) is 27.2 Å². The van der Waals surface area contributed by atoms with Gasteiger partial charge in [-0.2, -0.15) is 0 Å². The summed E-state index contributed by atoms with van der Waals surface area (Å²) in [5, 5.41) is 5.54. The highest BCUT2D eigenvalue weighted by atomic mass is 14.7. The monoisotopic (exact) mass is 427 g/mol. The number of fused-ring (bicyclic) bond motifs is 13. The van der Waals surface area contributed by atoms with Crippen LogP contribution < -0.4 is 0 Å². The topological polar surface area (TPSA) is 15.8 Å². The minimum Gasteiger partial charge on any atom is -0.354 e. The number of benzene rings is 4. The molecule has 33 heavy (non-hydrogen) atoms. The quantitative estimate of drug-likeness (QED) is 0.255. The van der Waals surface area contributed by atoms with Gasteiger partial charge in [-0.3, -0.25) is 0 Å². The fourth-order valence-electron chi connectivity index (χ4n) is 8.32. The molecule has 1 heteroatoms. The third-order valence-electron chi connectivity index (χ3n) is 9.46. The van der Waals surface area contributed by atoms with Gasteiger partial charge in [0.2, 0.25) is 0 Å². The van der Waals surface area contributed by atoms with Gasteiger partial charge >= 0.3 is 0 Å². The average molecular weight is 428 g/mol. The first kappa shape index (κ1) is 18.4. The van der Waals surface area contributed by atoms with Crippen molar-refractivity contribution >= 4 is 32.6 Å². The van der Waals surface area contributed by atoms with E-state index in [9.17, 15) is 0 Å². The van der Waals surface area contributed by atoms with Gasteiger partial charge in [0.15, 0.2) is 0 Å². The van der Waals surface area contributed by atoms with Crippen LogP contribution in [0.25, 0.3) is 43.7 Å². The molecule has 162 valence electrons. The fraction of sp³-hybridized carbons (Fsp3) is 0.312. The second-order valence-corrected chi connectivity index (χ2v) is 11.2. The third-order valence-corrected chi connectivity index (χ3v) is 9.46. The smallest absolute Gasteiger partial charge is 0.0471 e. The van der Waals surface area contributed by atoms with Gasteiger partial charge in [-0.1, -0.05) is 61.5 Å². The Morgan fingerprint density at radius 2 is 1.61 bits per heavy atom. The molecule has 8 rings (SSSR count). The van der Waals surface area contributed by atoms with Crippen molar-refractivity contribution < 1.29 is 0 Å². The predicted molar refractivity (Wildman–Crippen MR) is 139 cm³/mol. The first-order valence-electron chi connectivity index (χ1n) is 12.8. The number of nitrogens with one attached hydrogen (secondary N) is 1. The average Bonchev–Trinajstić information content (AvgIpc) is 3.33. The SMILES string of the molecule is CC1CC2CCC3(c4ccccc4-c4ccc5[nH]c6cc7ccccc7cc6c5c43)C(C1)C2. The summed E-state index contributed by atoms with van der Waals surface area (Å²) < 4.78 is 0. The second kappa shape index (κ2) is 6.29. The zero-order chi connectivity index (χ0) is 21.7. The van der Waals surface area contributed by atoms with Crippen LogP contribution in [0.15, 0.2) is 72.8 Å². The Hall–Kier alpha value is -3.06. The molecule has 1 nitrogen and oxygen atoms in total. The van der Waals surface area contributed by atoms with E-state index in [4.69, 9.17) is 0 Å². The predicted octanol–water partition coefficient (Wildman–Crippen LogP) is 8.59. The maximum absolute atomic E-state index is 3.81. The lowest BCUT2D eigenvalue weighted by Gasteiger charge is -2.51. The first-order chi connectivity index (χ1) is 16.2. The molecule has 4 atom stereocenters. The van der Waals surface area contributed by atoms with E-state index in [1.54, 1.807) is 11.1 Å². The summed E-state index contributed by atoms with van der Waals surface area (Å²) in [4.78, 5) is 3.81. The van der Waals surface area contributed by atoms with Gasteiger partial charge in [0.25, 0.3) is 0 Å². The third kappa shape index (κ3) is 2.28. The Balaban J connectivity index is 1.51. The Labute approximate surface area is 194 Å². The van der Waals surface area contributed by atoms with Gasteiger partial charge in [-0.05, 0) is 101 Å². The summed E-state index contributed by atoms with van der Waals surface area (Å²) >= 11 is 0. The van der Waals surface area contributed by atoms with Crippen molar-refractivity contribution in [1.82, 2.24) is 4.98 Å². The van der Waals surface area contributed by atoms with Gasteiger partial charge in [0.1, 0.15) is 0 Å². The molecule has 1 aromatic heterocycles. The summed E-state index contributed by atoms with van der Waals surface area (Å²) in [6, 6.07) is 27.7. The number of hydrogen-bond donors (Lipinski definition) is 1. The summed E-state index contributed by atoms with van der Waals surface area (Å²) in [5.41, 5.74) is 8.97. The molecule has 5 aromatic rings. The summed E-state index contributed by atoms with van der Waals surface area (Å²) in [5.74, 6) is 2.51. The van der Waals surface area contributed by atoms with Crippen molar-refractivity contribution in [2.75, 3.05) is 0 Å². The summed E-state index contributed by atoms with van der Waals surface area (Å²) in [6.07, 6.45) is 6.88. The number of aromatic amines is 1. The van der Waals surface area contributed by atoms with E-state index in [1.165, 1.54) is 75.8 Å². The highest BCUT2D eigenvalue weighted by molar-refractivity contribution is 6.16. The Morgan fingerprint density at radius 3 is 2.52 bits per heavy atom. The second-order valence-electron chi connectivity index (χ2n) is 11.2. The van der Waals surface area contributed by atoms with Crippen LogP contribution in [-0.2, 0) is 5.41 Å². The molecule has 3 aliphatic carbocycles. The molecular formula is C32H29N. The molecule has 2 fully saturated rings. The Kier molecular flexibility index (Phi) is 3.50. The van der Waals surface area contributed by atoms with Crippen molar-refractivity contribution in [3.8, 4) is 11.1 Å². The van der Waals surface area contributed by atoms with Crippen molar-refractivity contribution in [2.24, 2.45) is 17.8 Å². The van der Waals surface area contributed by atoms with Crippen LogP contribution in [0.5, 0.6) is 0 Å². The molecule has 0 amide bonds. The number of H-pyrrole nitrogens is 1. The molecule has 4 unspecified atom stereocenters. The zero-order valence-corrected chi connectivity index (χ0v) is 19.2. The molecule has 1 N–H and O–H groups in total. The van der Waals surface area contributed by atoms with Crippen LogP contribution in [0.3, 0.4) is 0 Å². The molecular weight excluding hydrogens is 398 g/mol. The summed E-state index contributed by atoms with van der Waals surface area (Å²) in [7, 11) is 0. The molecule has 3 aliphatic rings. The van der Waals surface area contributed by atoms with Crippen LogP contribution >= 0.6 is 0 Å². The molecule has 4 aromatic carbocycles. The summed E-state index contributed by atoms with van der Waals surface area (Å²) in [6.45, 7) is 2.50. The molecule has 0 saturated heterocycles. The lowest BCUT2D eigenvalue weighted by molar-refractivity contribution is 0.0863. The van der Waals surface area contributed by atoms with Crippen LogP contribution in [0.4, 0.5) is 0 Å². The molecule has 0 aliphatic heterocycles. The molecule has 1 spiro atoms. The van der Waals surface area contributed by atoms with Crippen LogP contribution in [-0.4, -0.2) is 4.98 Å². The molecule has 2 bridgehead atoms. The zero-order valence-electron chi connectivity index (χ0n) is 19.2. The Morgan fingerprint density at radius 1 is 0.788 bits per heavy atom. The van der Waals surface area contributed by atoms with Crippen LogP contribution in [0.1, 0.15) is 50.2 Å². The van der Waals surface area contributed by atoms with Crippen LogP contribution in [0, 0.1) is 17.8 Å². The van der Waals surface area contributed by atoms with E-state index in [2.05, 4.69) is 84.7 Å². The van der Waals surface area contributed by atoms with Crippen molar-refractivity contribution in [3.05, 3.63) is 83.9 Å². The van der Waals surface area contributed by atoms with E-state index < -0.39 is 0 Å². The van der Waals surface area contributed by atoms with E-state index in [-0.39, 0.29) is 5.41 Å². The van der Waals surface area contributed by atoms with E-state index in [0.717, 1.165) is 17.8 Å². The first-order valence-corrected chi connectivity index (χ1v) is 12.8. The Bertz CT molecular complexity index is 1590. The molecule has 1 heterocycles. The van der Waals surface area contributed by atoms with Gasteiger partial charge < -0.3 is 4.98 Å². The van der Waals surface area contributed by atoms with E-state index in [1.807, 2.05) is 0 Å². The van der Waals surface area contributed by atoms with Gasteiger partial charge in [-0.25, -0.2) is 0 Å². The highest BCUT2D eigenvalue weighted by Crippen LogP contribution is 2.64. The standard InChI is InChI=1S/C32H29N/c1-19-14-20-12-13-32(23(15-19)16-20)27-9-5-4-8-24(27)25-10-11-28-30(31(25)32)26-17-21-6-2-3-7-22(21)18-29(26)33-28/h2-11,17-20,23,33H,12-16H2,1H3. The number of rotatable bonds is 0. The van der Waals surface area contributed by atoms with Crippen molar-refractivity contribution in [1.29, 1.82) is 0 Å². The fourth-order valence-corrected chi connectivity index (χ4v) is 8.32. The normalized spacial score (nSPS) is 28.0. The lowest BCUT2D eigenvalue weighted by atomic mass is 9.53. The molecule has 0 radical (unpaired) electrons.